The summed E-state index contributed by atoms with van der Waals surface area (Å²) in [4.78, 5) is 46.4. The quantitative estimate of drug-likeness (QED) is 0.466. The van der Waals surface area contributed by atoms with E-state index in [-0.39, 0.29) is 13.0 Å². The lowest BCUT2D eigenvalue weighted by Gasteiger charge is -2.14. The standard InChI is InChI=1S/C14H14N2O6/c1-21-10-4-3-8(5-9(10)6-11(17)22-2)7-16-13(19)12(18)15-14(16)20/h3-5H,6-7H2,1-2H3,(H,15,18,20). The first-order chi connectivity index (χ1) is 10.5. The van der Waals surface area contributed by atoms with Crippen LogP contribution in [0.3, 0.4) is 0 Å². The van der Waals surface area contributed by atoms with Crippen molar-refractivity contribution in [2.75, 3.05) is 14.2 Å². The molecule has 116 valence electrons. The largest absolute Gasteiger partial charge is 0.496 e. The van der Waals surface area contributed by atoms with Crippen molar-refractivity contribution in [2.45, 2.75) is 13.0 Å². The third-order valence-corrected chi connectivity index (χ3v) is 3.15. The molecule has 1 fully saturated rings. The highest BCUT2D eigenvalue weighted by Crippen LogP contribution is 2.22. The summed E-state index contributed by atoms with van der Waals surface area (Å²) in [6, 6.07) is 4.12. The van der Waals surface area contributed by atoms with Crippen LogP contribution in [0, 0.1) is 0 Å². The molecule has 1 N–H and O–H groups in total. The lowest BCUT2D eigenvalue weighted by atomic mass is 10.1. The first-order valence-corrected chi connectivity index (χ1v) is 6.35. The number of methoxy groups -OCH3 is 2. The number of hydrogen-bond acceptors (Lipinski definition) is 6. The molecule has 0 aromatic heterocycles. The topological polar surface area (TPSA) is 102 Å². The van der Waals surface area contributed by atoms with Crippen molar-refractivity contribution in [3.8, 4) is 5.75 Å². The zero-order valence-electron chi connectivity index (χ0n) is 12.0. The first kappa shape index (κ1) is 15.5. The predicted octanol–water partition coefficient (Wildman–Crippen LogP) is -0.0109. The molecule has 0 unspecified atom stereocenters. The van der Waals surface area contributed by atoms with E-state index in [4.69, 9.17) is 4.74 Å². The number of esters is 1. The van der Waals surface area contributed by atoms with Gasteiger partial charge in [-0.25, -0.2) is 4.79 Å². The van der Waals surface area contributed by atoms with Crippen LogP contribution < -0.4 is 10.1 Å². The number of benzene rings is 1. The van der Waals surface area contributed by atoms with Gasteiger partial charge in [-0.1, -0.05) is 6.07 Å². The molecule has 0 spiro atoms. The van der Waals surface area contributed by atoms with Gasteiger partial charge in [-0.15, -0.1) is 0 Å². The van der Waals surface area contributed by atoms with Gasteiger partial charge in [0.25, 0.3) is 0 Å². The molecule has 22 heavy (non-hydrogen) atoms. The summed E-state index contributed by atoms with van der Waals surface area (Å²) in [5.74, 6) is -1.81. The van der Waals surface area contributed by atoms with E-state index in [0.29, 0.717) is 16.9 Å². The molecule has 0 aliphatic carbocycles. The summed E-state index contributed by atoms with van der Waals surface area (Å²) in [5, 5.41) is 1.92. The molecule has 0 bridgehead atoms. The second-order valence-corrected chi connectivity index (χ2v) is 4.55. The van der Waals surface area contributed by atoms with Crippen molar-refractivity contribution in [3.05, 3.63) is 29.3 Å². The van der Waals surface area contributed by atoms with E-state index in [1.807, 2.05) is 5.32 Å². The van der Waals surface area contributed by atoms with Gasteiger partial charge in [0.2, 0.25) is 0 Å². The molecule has 8 nitrogen and oxygen atoms in total. The number of rotatable bonds is 5. The third kappa shape index (κ3) is 3.05. The SMILES string of the molecule is COC(=O)Cc1cc(CN2C(=O)NC(=O)C2=O)ccc1OC. The monoisotopic (exact) mass is 306 g/mol. The summed E-state index contributed by atoms with van der Waals surface area (Å²) in [6.07, 6.45) is -0.00735. The molecule has 1 aromatic carbocycles. The Kier molecular flexibility index (Phi) is 4.40. The van der Waals surface area contributed by atoms with Crippen molar-refractivity contribution in [3.63, 3.8) is 0 Å². The number of hydrogen-bond donors (Lipinski definition) is 1. The minimum absolute atomic E-state index is 0.00735. The van der Waals surface area contributed by atoms with Gasteiger partial charge in [0.1, 0.15) is 5.75 Å². The van der Waals surface area contributed by atoms with Gasteiger partial charge >= 0.3 is 23.8 Å². The van der Waals surface area contributed by atoms with E-state index in [2.05, 4.69) is 4.74 Å². The van der Waals surface area contributed by atoms with E-state index in [9.17, 15) is 19.2 Å². The molecule has 0 radical (unpaired) electrons. The van der Waals surface area contributed by atoms with Crippen molar-refractivity contribution in [2.24, 2.45) is 0 Å². The second kappa shape index (κ2) is 6.25. The smallest absolute Gasteiger partial charge is 0.331 e. The van der Waals surface area contributed by atoms with Crippen molar-refractivity contribution in [1.82, 2.24) is 10.2 Å². The highest BCUT2D eigenvalue weighted by Gasteiger charge is 2.36. The number of nitrogens with one attached hydrogen (secondary N) is 1. The fraction of sp³-hybridized carbons (Fsp3) is 0.286. The summed E-state index contributed by atoms with van der Waals surface area (Å²) in [6.45, 7) is -0.0748. The number of ether oxygens (including phenoxy) is 2. The molecule has 1 aliphatic heterocycles. The van der Waals surface area contributed by atoms with Crippen LogP contribution in [-0.2, 0) is 32.1 Å². The van der Waals surface area contributed by atoms with Crippen LogP contribution in [0.1, 0.15) is 11.1 Å². The predicted molar refractivity (Wildman–Crippen MR) is 72.8 cm³/mol. The van der Waals surface area contributed by atoms with Crippen molar-refractivity contribution < 1.29 is 28.7 Å². The molecule has 1 saturated heterocycles. The van der Waals surface area contributed by atoms with Gasteiger partial charge in [-0.05, 0) is 17.7 Å². The van der Waals surface area contributed by atoms with E-state index in [1.165, 1.54) is 14.2 Å². The second-order valence-electron chi connectivity index (χ2n) is 4.55. The van der Waals surface area contributed by atoms with Gasteiger partial charge in [0.05, 0.1) is 27.2 Å². The van der Waals surface area contributed by atoms with Gasteiger partial charge in [-0.3, -0.25) is 24.6 Å². The molecule has 4 amide bonds. The molecular formula is C14H14N2O6. The zero-order chi connectivity index (χ0) is 16.3. The molecule has 2 rings (SSSR count). The molecule has 1 aromatic rings. The van der Waals surface area contributed by atoms with E-state index in [0.717, 1.165) is 4.90 Å². The summed E-state index contributed by atoms with van der Waals surface area (Å²) in [5.41, 5.74) is 1.14. The Morgan fingerprint density at radius 1 is 1.23 bits per heavy atom. The van der Waals surface area contributed by atoms with E-state index in [1.54, 1.807) is 18.2 Å². The van der Waals surface area contributed by atoms with Gasteiger partial charge in [0.15, 0.2) is 0 Å². The third-order valence-electron chi connectivity index (χ3n) is 3.15. The molecule has 1 heterocycles. The lowest BCUT2D eigenvalue weighted by molar-refractivity contribution is -0.140. The van der Waals surface area contributed by atoms with Crippen LogP contribution in [0.5, 0.6) is 5.75 Å². The Morgan fingerprint density at radius 2 is 1.95 bits per heavy atom. The number of urea groups is 1. The number of imide groups is 2. The van der Waals surface area contributed by atoms with E-state index >= 15 is 0 Å². The average Bonchev–Trinajstić information content (AvgIpc) is 2.74. The maximum absolute atomic E-state index is 11.5. The Morgan fingerprint density at radius 3 is 2.50 bits per heavy atom. The molecule has 0 saturated carbocycles. The van der Waals surface area contributed by atoms with Gasteiger partial charge in [-0.2, -0.15) is 0 Å². The lowest BCUT2D eigenvalue weighted by Crippen LogP contribution is -2.30. The fourth-order valence-electron chi connectivity index (χ4n) is 2.06. The number of carbonyl (C=O) groups excluding carboxylic acids is 4. The van der Waals surface area contributed by atoms with Crippen LogP contribution in [0.2, 0.25) is 0 Å². The van der Waals surface area contributed by atoms with Gasteiger partial charge < -0.3 is 9.47 Å². The van der Waals surface area contributed by atoms with Crippen LogP contribution in [0.15, 0.2) is 18.2 Å². The minimum atomic E-state index is -0.951. The molecule has 0 atom stereocenters. The number of carbonyl (C=O) groups is 4. The maximum Gasteiger partial charge on any atom is 0.331 e. The molecular weight excluding hydrogens is 292 g/mol. The Bertz CT molecular complexity index is 655. The Labute approximate surface area is 126 Å². The minimum Gasteiger partial charge on any atom is -0.496 e. The summed E-state index contributed by atoms with van der Waals surface area (Å²) < 4.78 is 9.76. The number of amides is 4. The average molecular weight is 306 g/mol. The first-order valence-electron chi connectivity index (χ1n) is 6.35. The number of nitrogens with zero attached hydrogens (tertiary/aromatic N) is 1. The van der Waals surface area contributed by atoms with Crippen LogP contribution in [0.4, 0.5) is 4.79 Å². The van der Waals surface area contributed by atoms with E-state index < -0.39 is 23.8 Å². The van der Waals surface area contributed by atoms with Crippen LogP contribution >= 0.6 is 0 Å². The summed E-state index contributed by atoms with van der Waals surface area (Å²) >= 11 is 0. The normalized spacial score (nSPS) is 14.1. The van der Waals surface area contributed by atoms with Crippen LogP contribution in [0.25, 0.3) is 0 Å². The Balaban J connectivity index is 2.23. The van der Waals surface area contributed by atoms with Crippen LogP contribution in [-0.4, -0.2) is 42.9 Å². The van der Waals surface area contributed by atoms with Crippen molar-refractivity contribution >= 4 is 23.8 Å². The van der Waals surface area contributed by atoms with Crippen molar-refractivity contribution in [1.29, 1.82) is 0 Å². The molecule has 8 heteroatoms. The summed E-state index contributed by atoms with van der Waals surface area (Å²) in [7, 11) is 2.74. The highest BCUT2D eigenvalue weighted by atomic mass is 16.5. The molecule has 1 aliphatic rings. The Hall–Kier alpha value is -2.90. The highest BCUT2D eigenvalue weighted by molar-refractivity contribution is 6.44. The maximum atomic E-state index is 11.5. The zero-order valence-corrected chi connectivity index (χ0v) is 12.0. The fourth-order valence-corrected chi connectivity index (χ4v) is 2.06. The van der Waals surface area contributed by atoms with Gasteiger partial charge in [0, 0.05) is 5.56 Å².